The molecular formula is C16H28BBrO. The molecule has 0 heterocycles. The van der Waals surface area contributed by atoms with Gasteiger partial charge in [-0.05, 0) is 11.6 Å². The van der Waals surface area contributed by atoms with Crippen LogP contribution in [0.3, 0.4) is 0 Å². The summed E-state index contributed by atoms with van der Waals surface area (Å²) in [5.74, 6) is 2.76. The Labute approximate surface area is 127 Å². The van der Waals surface area contributed by atoms with Crippen molar-refractivity contribution in [1.29, 1.82) is 0 Å². The fourth-order valence-electron chi connectivity index (χ4n) is 3.86. The van der Waals surface area contributed by atoms with Crippen LogP contribution in [0.1, 0.15) is 77.6 Å². The van der Waals surface area contributed by atoms with Gasteiger partial charge in [0.25, 0.3) is 0 Å². The van der Waals surface area contributed by atoms with Crippen LogP contribution in [0.25, 0.3) is 0 Å². The van der Waals surface area contributed by atoms with Gasteiger partial charge in [0.2, 0.25) is 0 Å². The first-order valence-electron chi connectivity index (χ1n) is 8.31. The number of halogens is 1. The minimum Gasteiger partial charge on any atom is -0.563 e. The second-order valence-corrected chi connectivity index (χ2v) is 6.77. The third-order valence-electron chi connectivity index (χ3n) is 4.99. The van der Waals surface area contributed by atoms with Crippen LogP contribution in [0.5, 0.6) is 0 Å². The molecule has 0 aromatic rings. The highest BCUT2D eigenvalue weighted by atomic mass is 79.9. The van der Waals surface area contributed by atoms with Gasteiger partial charge in [-0.3, -0.25) is 0 Å². The molecule has 0 saturated heterocycles. The van der Waals surface area contributed by atoms with Gasteiger partial charge < -0.3 is 4.65 Å². The van der Waals surface area contributed by atoms with E-state index in [0.29, 0.717) is 6.92 Å². The van der Waals surface area contributed by atoms with E-state index in [0.717, 1.165) is 23.8 Å². The maximum Gasteiger partial charge on any atom is 0.363 e. The van der Waals surface area contributed by atoms with Crippen molar-refractivity contribution in [3.05, 3.63) is 10.7 Å². The molecule has 2 rings (SSSR count). The SMILES string of the molecule is CC/C(=C\Br)OB(C1CCCCC1)C1CCCCC1. The fraction of sp³-hybridized carbons (Fsp3) is 0.875. The van der Waals surface area contributed by atoms with E-state index in [2.05, 4.69) is 22.9 Å². The summed E-state index contributed by atoms with van der Waals surface area (Å²) in [5.41, 5.74) is 0. The van der Waals surface area contributed by atoms with Gasteiger partial charge in [-0.1, -0.05) is 87.1 Å². The van der Waals surface area contributed by atoms with Crippen molar-refractivity contribution in [2.75, 3.05) is 0 Å². The largest absolute Gasteiger partial charge is 0.563 e. The average Bonchev–Trinajstić information content (AvgIpc) is 2.50. The maximum absolute atomic E-state index is 6.44. The minimum absolute atomic E-state index is 0.490. The topological polar surface area (TPSA) is 9.23 Å². The van der Waals surface area contributed by atoms with Crippen molar-refractivity contribution in [1.82, 2.24) is 0 Å². The zero-order valence-corrected chi connectivity index (χ0v) is 14.0. The zero-order chi connectivity index (χ0) is 13.5. The normalized spacial score (nSPS) is 23.4. The highest BCUT2D eigenvalue weighted by Crippen LogP contribution is 2.42. The second-order valence-electron chi connectivity index (χ2n) is 6.31. The van der Waals surface area contributed by atoms with Gasteiger partial charge in [0.15, 0.2) is 0 Å². The van der Waals surface area contributed by atoms with Crippen LogP contribution in [-0.4, -0.2) is 6.92 Å². The molecule has 0 bridgehead atoms. The van der Waals surface area contributed by atoms with Gasteiger partial charge in [0.05, 0.1) is 5.76 Å². The Hall–Kier alpha value is 0.0849. The summed E-state index contributed by atoms with van der Waals surface area (Å²) in [6, 6.07) is 0. The Morgan fingerprint density at radius 2 is 1.47 bits per heavy atom. The summed E-state index contributed by atoms with van der Waals surface area (Å²) in [7, 11) is 0. The van der Waals surface area contributed by atoms with Gasteiger partial charge in [-0.25, -0.2) is 0 Å². The quantitative estimate of drug-likeness (QED) is 0.425. The van der Waals surface area contributed by atoms with Crippen LogP contribution in [0.15, 0.2) is 10.7 Å². The van der Waals surface area contributed by atoms with Crippen LogP contribution in [-0.2, 0) is 4.65 Å². The molecule has 19 heavy (non-hydrogen) atoms. The molecule has 0 amide bonds. The van der Waals surface area contributed by atoms with E-state index in [1.165, 1.54) is 64.2 Å². The maximum atomic E-state index is 6.44. The first kappa shape index (κ1) is 15.5. The van der Waals surface area contributed by atoms with Crippen LogP contribution in [0.2, 0.25) is 11.6 Å². The molecule has 0 aromatic carbocycles. The monoisotopic (exact) mass is 326 g/mol. The number of hydrogen-bond donors (Lipinski definition) is 0. The molecule has 108 valence electrons. The molecule has 0 spiro atoms. The molecule has 0 aliphatic heterocycles. The lowest BCUT2D eigenvalue weighted by Crippen LogP contribution is -2.33. The third kappa shape index (κ3) is 4.55. The fourth-order valence-corrected chi connectivity index (χ4v) is 4.30. The van der Waals surface area contributed by atoms with E-state index in [4.69, 9.17) is 4.65 Å². The summed E-state index contributed by atoms with van der Waals surface area (Å²) >= 11 is 3.47. The predicted molar refractivity (Wildman–Crippen MR) is 87.8 cm³/mol. The van der Waals surface area contributed by atoms with E-state index < -0.39 is 0 Å². The summed E-state index contributed by atoms with van der Waals surface area (Å²) in [5, 5.41) is 0. The average molecular weight is 327 g/mol. The van der Waals surface area contributed by atoms with E-state index in [1.54, 1.807) is 0 Å². The van der Waals surface area contributed by atoms with Crippen molar-refractivity contribution in [3.63, 3.8) is 0 Å². The number of hydrogen-bond acceptors (Lipinski definition) is 1. The molecule has 2 saturated carbocycles. The molecule has 2 aliphatic rings. The van der Waals surface area contributed by atoms with Crippen molar-refractivity contribution < 1.29 is 4.65 Å². The van der Waals surface area contributed by atoms with Gasteiger partial charge in [0, 0.05) is 11.4 Å². The summed E-state index contributed by atoms with van der Waals surface area (Å²) < 4.78 is 6.44. The van der Waals surface area contributed by atoms with Gasteiger partial charge >= 0.3 is 6.92 Å². The molecule has 0 aromatic heterocycles. The van der Waals surface area contributed by atoms with Crippen molar-refractivity contribution in [2.45, 2.75) is 89.2 Å². The smallest absolute Gasteiger partial charge is 0.363 e. The van der Waals surface area contributed by atoms with E-state index >= 15 is 0 Å². The molecule has 0 atom stereocenters. The molecule has 0 unspecified atom stereocenters. The number of allylic oxidation sites excluding steroid dienone is 1. The van der Waals surface area contributed by atoms with Crippen molar-refractivity contribution in [3.8, 4) is 0 Å². The van der Waals surface area contributed by atoms with E-state index in [-0.39, 0.29) is 0 Å². The van der Waals surface area contributed by atoms with Crippen molar-refractivity contribution >= 4 is 22.8 Å². The Morgan fingerprint density at radius 3 is 1.84 bits per heavy atom. The molecule has 0 N–H and O–H groups in total. The van der Waals surface area contributed by atoms with Gasteiger partial charge in [0.1, 0.15) is 0 Å². The minimum atomic E-state index is 0.490. The van der Waals surface area contributed by atoms with Crippen LogP contribution >= 0.6 is 15.9 Å². The Morgan fingerprint density at radius 1 is 1.00 bits per heavy atom. The summed E-state index contributed by atoms with van der Waals surface area (Å²) in [6.07, 6.45) is 15.1. The first-order valence-corrected chi connectivity index (χ1v) is 9.22. The number of rotatable bonds is 5. The Bertz CT molecular complexity index is 262. The van der Waals surface area contributed by atoms with Crippen LogP contribution in [0.4, 0.5) is 0 Å². The highest BCUT2D eigenvalue weighted by molar-refractivity contribution is 9.11. The second kappa shape index (κ2) is 8.39. The lowest BCUT2D eigenvalue weighted by atomic mass is 9.42. The van der Waals surface area contributed by atoms with E-state index in [9.17, 15) is 0 Å². The lowest BCUT2D eigenvalue weighted by Gasteiger charge is -2.35. The molecule has 2 fully saturated rings. The third-order valence-corrected chi connectivity index (χ3v) is 5.50. The highest BCUT2D eigenvalue weighted by Gasteiger charge is 2.38. The standard InChI is InChI=1S/C16H28BBrO/c1-2-16(13-18)19-17(14-9-5-3-6-10-14)15-11-7-4-8-12-15/h13-15H,2-12H2,1H3/b16-13+. The molecular weight excluding hydrogens is 299 g/mol. The van der Waals surface area contributed by atoms with Gasteiger partial charge in [-0.15, -0.1) is 0 Å². The predicted octanol–water partition coefficient (Wildman–Crippen LogP) is 6.31. The summed E-state index contributed by atoms with van der Waals surface area (Å²) in [6.45, 7) is 2.68. The van der Waals surface area contributed by atoms with Crippen LogP contribution in [0, 0.1) is 0 Å². The molecule has 1 nitrogen and oxygen atoms in total. The first-order chi connectivity index (χ1) is 9.35. The van der Waals surface area contributed by atoms with Gasteiger partial charge in [-0.2, -0.15) is 0 Å². The zero-order valence-electron chi connectivity index (χ0n) is 12.4. The van der Waals surface area contributed by atoms with E-state index in [1.807, 2.05) is 4.99 Å². The molecule has 3 heteroatoms. The Kier molecular flexibility index (Phi) is 6.83. The molecule has 2 aliphatic carbocycles. The lowest BCUT2D eigenvalue weighted by molar-refractivity contribution is 0.347. The Balaban J connectivity index is 2.02. The van der Waals surface area contributed by atoms with Crippen LogP contribution < -0.4 is 0 Å². The summed E-state index contributed by atoms with van der Waals surface area (Å²) in [4.78, 5) is 1.99. The van der Waals surface area contributed by atoms with Crippen molar-refractivity contribution in [2.24, 2.45) is 0 Å². The molecule has 0 radical (unpaired) electrons.